The molecule has 0 aliphatic heterocycles. The molecule has 1 aromatic carbocycles. The van der Waals surface area contributed by atoms with Crippen molar-refractivity contribution in [2.75, 3.05) is 7.05 Å². The molecule has 0 amide bonds. The number of hydrogen-bond donors (Lipinski definition) is 1. The first-order valence-electron chi connectivity index (χ1n) is 5.89. The third kappa shape index (κ3) is 3.88. The molecule has 0 saturated carbocycles. The van der Waals surface area contributed by atoms with Crippen LogP contribution in [0, 0.1) is 5.82 Å². The van der Waals surface area contributed by atoms with Crippen molar-refractivity contribution in [2.24, 2.45) is 0 Å². The first-order chi connectivity index (χ1) is 9.45. The van der Waals surface area contributed by atoms with Gasteiger partial charge in [-0.15, -0.1) is 11.3 Å². The van der Waals surface area contributed by atoms with Crippen LogP contribution in [0.4, 0.5) is 4.39 Å². The average molecular weight is 358 g/mol. The Kier molecular flexibility index (Phi) is 4.91. The number of nitrogens with zero attached hydrogens (tertiary/aromatic N) is 1. The lowest BCUT2D eigenvalue weighted by atomic mass is 10.1. The Morgan fingerprint density at radius 2 is 2.15 bits per heavy atom. The van der Waals surface area contributed by atoms with E-state index >= 15 is 0 Å². The van der Waals surface area contributed by atoms with Crippen molar-refractivity contribution in [2.45, 2.75) is 13.1 Å². The molecule has 0 aliphatic rings. The molecule has 0 bridgehead atoms. The maximum absolute atomic E-state index is 13.7. The van der Waals surface area contributed by atoms with Crippen LogP contribution in [0.3, 0.4) is 0 Å². The number of hydrogen-bond acceptors (Lipinski definition) is 3. The van der Waals surface area contributed by atoms with Gasteiger partial charge < -0.3 is 5.11 Å². The summed E-state index contributed by atoms with van der Waals surface area (Å²) in [6, 6.07) is 5.88. The van der Waals surface area contributed by atoms with Gasteiger partial charge in [-0.2, -0.15) is 0 Å². The zero-order chi connectivity index (χ0) is 14.7. The number of rotatable bonds is 5. The predicted molar refractivity (Wildman–Crippen MR) is 80.5 cm³/mol. The number of carbonyl (C=O) groups is 1. The molecule has 0 unspecified atom stereocenters. The summed E-state index contributed by atoms with van der Waals surface area (Å²) >= 11 is 5.00. The van der Waals surface area contributed by atoms with E-state index in [1.54, 1.807) is 11.3 Å². The second-order valence-corrected chi connectivity index (χ2v) is 6.83. The van der Waals surface area contributed by atoms with Crippen molar-refractivity contribution in [3.8, 4) is 0 Å². The van der Waals surface area contributed by atoms with E-state index in [4.69, 9.17) is 5.11 Å². The Morgan fingerprint density at radius 1 is 1.40 bits per heavy atom. The molecule has 0 aliphatic carbocycles. The van der Waals surface area contributed by atoms with Gasteiger partial charge in [0.05, 0.1) is 9.35 Å². The summed E-state index contributed by atoms with van der Waals surface area (Å²) in [6.45, 7) is 1.04. The third-order valence-corrected chi connectivity index (χ3v) is 4.36. The molecule has 6 heteroatoms. The normalized spacial score (nSPS) is 11.0. The number of benzene rings is 1. The minimum Gasteiger partial charge on any atom is -0.478 e. The standard InChI is InChI=1S/C14H13BrFNO2S/c1-17(6-9-4-13(15)20-8-9)7-11-5-10(14(18)19)2-3-12(11)16/h2-5,8H,6-7H2,1H3,(H,18,19). The van der Waals surface area contributed by atoms with E-state index in [0.717, 1.165) is 9.35 Å². The van der Waals surface area contributed by atoms with Gasteiger partial charge in [0, 0.05) is 18.7 Å². The molecule has 106 valence electrons. The van der Waals surface area contributed by atoms with Crippen LogP contribution < -0.4 is 0 Å². The topological polar surface area (TPSA) is 40.5 Å². The van der Waals surface area contributed by atoms with E-state index in [2.05, 4.69) is 15.9 Å². The van der Waals surface area contributed by atoms with Crippen LogP contribution >= 0.6 is 27.3 Å². The molecule has 0 spiro atoms. The highest BCUT2D eigenvalue weighted by atomic mass is 79.9. The third-order valence-electron chi connectivity index (χ3n) is 2.81. The highest BCUT2D eigenvalue weighted by Crippen LogP contribution is 2.22. The lowest BCUT2D eigenvalue weighted by Crippen LogP contribution is -2.18. The van der Waals surface area contributed by atoms with E-state index in [9.17, 15) is 9.18 Å². The monoisotopic (exact) mass is 357 g/mol. The fraction of sp³-hybridized carbons (Fsp3) is 0.214. The zero-order valence-corrected chi connectivity index (χ0v) is 13.2. The summed E-state index contributed by atoms with van der Waals surface area (Å²) in [5.41, 5.74) is 1.63. The molecule has 0 saturated heterocycles. The maximum atomic E-state index is 13.7. The lowest BCUT2D eigenvalue weighted by molar-refractivity contribution is 0.0696. The number of halogens is 2. The predicted octanol–water partition coefficient (Wildman–Crippen LogP) is 3.98. The van der Waals surface area contributed by atoms with Gasteiger partial charge in [0.1, 0.15) is 5.82 Å². The minimum absolute atomic E-state index is 0.105. The van der Waals surface area contributed by atoms with E-state index in [-0.39, 0.29) is 11.4 Å². The number of aromatic carboxylic acids is 1. The molecule has 20 heavy (non-hydrogen) atoms. The smallest absolute Gasteiger partial charge is 0.335 e. The molecule has 3 nitrogen and oxygen atoms in total. The Bertz CT molecular complexity index is 629. The van der Waals surface area contributed by atoms with Gasteiger partial charge in [0.25, 0.3) is 0 Å². The van der Waals surface area contributed by atoms with Crippen LogP contribution in [0.25, 0.3) is 0 Å². The van der Waals surface area contributed by atoms with Crippen LogP contribution in [0.5, 0.6) is 0 Å². The van der Waals surface area contributed by atoms with Crippen LogP contribution in [-0.4, -0.2) is 23.0 Å². The van der Waals surface area contributed by atoms with E-state index in [1.807, 2.05) is 23.4 Å². The van der Waals surface area contributed by atoms with Crippen molar-refractivity contribution < 1.29 is 14.3 Å². The summed E-state index contributed by atoms with van der Waals surface area (Å²) in [6.07, 6.45) is 0. The minimum atomic E-state index is -1.05. The molecule has 2 aromatic rings. The molecule has 0 fully saturated rings. The van der Waals surface area contributed by atoms with E-state index < -0.39 is 5.97 Å². The van der Waals surface area contributed by atoms with Gasteiger partial charge in [-0.1, -0.05) is 0 Å². The lowest BCUT2D eigenvalue weighted by Gasteiger charge is -2.16. The second-order valence-electron chi connectivity index (χ2n) is 4.54. The van der Waals surface area contributed by atoms with Crippen molar-refractivity contribution >= 4 is 33.2 Å². The number of carboxylic acids is 1. The Hall–Kier alpha value is -1.24. The van der Waals surface area contributed by atoms with E-state index in [0.29, 0.717) is 18.7 Å². The highest BCUT2D eigenvalue weighted by Gasteiger charge is 2.11. The van der Waals surface area contributed by atoms with Crippen LogP contribution in [0.15, 0.2) is 33.4 Å². The average Bonchev–Trinajstić information content (AvgIpc) is 2.77. The number of thiophene rings is 1. The second kappa shape index (κ2) is 6.47. The Morgan fingerprint density at radius 3 is 2.75 bits per heavy atom. The van der Waals surface area contributed by atoms with Gasteiger partial charge in [-0.05, 0) is 58.2 Å². The van der Waals surface area contributed by atoms with Crippen LogP contribution in [0.2, 0.25) is 0 Å². The van der Waals surface area contributed by atoms with Crippen LogP contribution in [-0.2, 0) is 13.1 Å². The van der Waals surface area contributed by atoms with Crippen molar-refractivity contribution in [1.82, 2.24) is 4.90 Å². The maximum Gasteiger partial charge on any atom is 0.335 e. The number of carboxylic acid groups (broad SMARTS) is 1. The largest absolute Gasteiger partial charge is 0.478 e. The molecule has 1 N–H and O–H groups in total. The quantitative estimate of drug-likeness (QED) is 0.879. The molecule has 0 atom stereocenters. The Labute approximate surface area is 128 Å². The van der Waals surface area contributed by atoms with Crippen molar-refractivity contribution in [1.29, 1.82) is 0 Å². The molecule has 2 rings (SSSR count). The van der Waals surface area contributed by atoms with Gasteiger partial charge in [-0.3, -0.25) is 4.90 Å². The molecule has 1 aromatic heterocycles. The fourth-order valence-corrected chi connectivity index (χ4v) is 3.12. The summed E-state index contributed by atoms with van der Waals surface area (Å²) in [4.78, 5) is 12.8. The molecular formula is C14H13BrFNO2S. The molecular weight excluding hydrogens is 345 g/mol. The summed E-state index contributed by atoms with van der Waals surface area (Å²) < 4.78 is 14.8. The SMILES string of the molecule is CN(Cc1csc(Br)c1)Cc1cc(C(=O)O)ccc1F. The van der Waals surface area contributed by atoms with Crippen molar-refractivity contribution in [3.05, 3.63) is 55.9 Å². The summed E-state index contributed by atoms with van der Waals surface area (Å²) in [5.74, 6) is -1.43. The van der Waals surface area contributed by atoms with Gasteiger partial charge in [0.15, 0.2) is 0 Å². The first kappa shape index (κ1) is 15.2. The first-order valence-corrected chi connectivity index (χ1v) is 7.56. The molecule has 0 radical (unpaired) electrons. The highest BCUT2D eigenvalue weighted by molar-refractivity contribution is 9.11. The van der Waals surface area contributed by atoms with Gasteiger partial charge >= 0.3 is 5.97 Å². The van der Waals surface area contributed by atoms with Crippen LogP contribution in [0.1, 0.15) is 21.5 Å². The summed E-state index contributed by atoms with van der Waals surface area (Å²) in [7, 11) is 1.87. The Balaban J connectivity index is 2.08. The van der Waals surface area contributed by atoms with Gasteiger partial charge in [0.2, 0.25) is 0 Å². The fourth-order valence-electron chi connectivity index (χ4n) is 1.92. The summed E-state index contributed by atoms with van der Waals surface area (Å²) in [5, 5.41) is 11.0. The molecule has 1 heterocycles. The van der Waals surface area contributed by atoms with Gasteiger partial charge in [-0.25, -0.2) is 9.18 Å². The zero-order valence-electron chi connectivity index (χ0n) is 10.8. The van der Waals surface area contributed by atoms with E-state index in [1.165, 1.54) is 18.2 Å². The van der Waals surface area contributed by atoms with Crippen molar-refractivity contribution in [3.63, 3.8) is 0 Å².